The molecule has 0 bridgehead atoms. The number of hydrogen-bond acceptors (Lipinski definition) is 3. The zero-order valence-electron chi connectivity index (χ0n) is 13.4. The van der Waals surface area contributed by atoms with Gasteiger partial charge in [-0.1, -0.05) is 29.8 Å². The van der Waals surface area contributed by atoms with Gasteiger partial charge in [0, 0.05) is 29.1 Å². The van der Waals surface area contributed by atoms with E-state index in [0.717, 1.165) is 10.5 Å². The summed E-state index contributed by atoms with van der Waals surface area (Å²) >= 11 is 7.65. The van der Waals surface area contributed by atoms with Crippen LogP contribution in [-0.4, -0.2) is 29.0 Å². The van der Waals surface area contributed by atoms with Crippen LogP contribution in [0, 0.1) is 0 Å². The quantitative estimate of drug-likeness (QED) is 0.898. The van der Waals surface area contributed by atoms with E-state index in [0.29, 0.717) is 22.8 Å². The highest BCUT2D eigenvalue weighted by atomic mass is 35.5. The smallest absolute Gasteiger partial charge is 0.253 e. The molecule has 4 nitrogen and oxygen atoms in total. The summed E-state index contributed by atoms with van der Waals surface area (Å²) in [5.41, 5.74) is 2.13. The molecule has 2 amide bonds. The highest BCUT2D eigenvalue weighted by Crippen LogP contribution is 2.36. The molecule has 0 unspecified atom stereocenters. The van der Waals surface area contributed by atoms with E-state index in [2.05, 4.69) is 5.32 Å². The van der Waals surface area contributed by atoms with Crippen molar-refractivity contribution in [2.24, 2.45) is 0 Å². The van der Waals surface area contributed by atoms with Crippen molar-refractivity contribution in [2.45, 2.75) is 23.6 Å². The predicted octanol–water partition coefficient (Wildman–Crippen LogP) is 4.04. The van der Waals surface area contributed by atoms with Gasteiger partial charge >= 0.3 is 0 Å². The summed E-state index contributed by atoms with van der Waals surface area (Å²) < 4.78 is 0. The van der Waals surface area contributed by atoms with Crippen molar-refractivity contribution in [1.82, 2.24) is 4.90 Å². The molecule has 1 heterocycles. The van der Waals surface area contributed by atoms with Crippen LogP contribution in [0.4, 0.5) is 5.69 Å². The molecule has 1 aliphatic heterocycles. The largest absolute Gasteiger partial charge is 0.337 e. The molecule has 124 valence electrons. The van der Waals surface area contributed by atoms with Crippen molar-refractivity contribution < 1.29 is 9.59 Å². The number of nitrogens with one attached hydrogen (secondary N) is 1. The number of carbonyl (C=O) groups is 2. The average Bonchev–Trinajstić information content (AvgIpc) is 2.57. The van der Waals surface area contributed by atoms with Crippen molar-refractivity contribution in [3.63, 3.8) is 0 Å². The maximum absolute atomic E-state index is 12.7. The van der Waals surface area contributed by atoms with Gasteiger partial charge in [-0.2, -0.15) is 0 Å². The SMILES string of the molecule is C[C@H]1Sc2ccc(C(=O)N(C)Cc3ccccc3Cl)cc2NC1=O. The molecule has 1 atom stereocenters. The Morgan fingerprint density at radius 1 is 1.29 bits per heavy atom. The lowest BCUT2D eigenvalue weighted by Gasteiger charge is -2.23. The number of rotatable bonds is 3. The minimum Gasteiger partial charge on any atom is -0.337 e. The number of hydrogen-bond donors (Lipinski definition) is 1. The Morgan fingerprint density at radius 2 is 2.04 bits per heavy atom. The van der Waals surface area contributed by atoms with Gasteiger partial charge in [0.25, 0.3) is 5.91 Å². The fourth-order valence-corrected chi connectivity index (χ4v) is 3.64. The second kappa shape index (κ2) is 6.87. The number of amides is 2. The highest BCUT2D eigenvalue weighted by molar-refractivity contribution is 8.00. The molecule has 0 saturated carbocycles. The second-order valence-electron chi connectivity index (χ2n) is 5.71. The summed E-state index contributed by atoms with van der Waals surface area (Å²) in [6, 6.07) is 12.9. The summed E-state index contributed by atoms with van der Waals surface area (Å²) in [7, 11) is 1.74. The van der Waals surface area contributed by atoms with Gasteiger partial charge in [0.1, 0.15) is 0 Å². The van der Waals surface area contributed by atoms with E-state index in [1.54, 1.807) is 24.1 Å². The number of nitrogens with zero attached hydrogens (tertiary/aromatic N) is 1. The summed E-state index contributed by atoms with van der Waals surface area (Å²) in [4.78, 5) is 27.1. The third kappa shape index (κ3) is 3.42. The molecule has 2 aromatic carbocycles. The van der Waals surface area contributed by atoms with E-state index in [1.807, 2.05) is 37.3 Å². The normalized spacial score (nSPS) is 16.3. The van der Waals surface area contributed by atoms with Crippen LogP contribution in [0.5, 0.6) is 0 Å². The Morgan fingerprint density at radius 3 is 2.79 bits per heavy atom. The van der Waals surface area contributed by atoms with Gasteiger partial charge in [0.15, 0.2) is 0 Å². The topological polar surface area (TPSA) is 49.4 Å². The minimum absolute atomic E-state index is 0.0403. The van der Waals surface area contributed by atoms with Gasteiger partial charge in [0.05, 0.1) is 10.9 Å². The average molecular weight is 361 g/mol. The number of halogens is 1. The van der Waals surface area contributed by atoms with Crippen LogP contribution in [0.25, 0.3) is 0 Å². The van der Waals surface area contributed by atoms with Crippen LogP contribution in [0.2, 0.25) is 5.02 Å². The lowest BCUT2D eigenvalue weighted by atomic mass is 10.1. The van der Waals surface area contributed by atoms with Crippen LogP contribution in [-0.2, 0) is 11.3 Å². The van der Waals surface area contributed by atoms with Gasteiger partial charge < -0.3 is 10.2 Å². The first-order valence-electron chi connectivity index (χ1n) is 7.56. The van der Waals surface area contributed by atoms with E-state index in [4.69, 9.17) is 11.6 Å². The van der Waals surface area contributed by atoms with Gasteiger partial charge in [0.2, 0.25) is 5.91 Å². The van der Waals surface area contributed by atoms with Crippen molar-refractivity contribution in [3.05, 3.63) is 58.6 Å². The Bertz CT molecular complexity index is 809. The molecule has 0 saturated heterocycles. The zero-order chi connectivity index (χ0) is 17.3. The monoisotopic (exact) mass is 360 g/mol. The molecule has 0 aliphatic carbocycles. The number of carbonyl (C=O) groups excluding carboxylic acids is 2. The molecular formula is C18H17ClN2O2S. The molecule has 2 aromatic rings. The molecule has 6 heteroatoms. The first kappa shape index (κ1) is 16.9. The first-order chi connectivity index (χ1) is 11.5. The molecule has 1 aliphatic rings. The van der Waals surface area contributed by atoms with Crippen molar-refractivity contribution in [2.75, 3.05) is 12.4 Å². The van der Waals surface area contributed by atoms with Crippen molar-refractivity contribution in [1.29, 1.82) is 0 Å². The first-order valence-corrected chi connectivity index (χ1v) is 8.82. The molecule has 0 aromatic heterocycles. The minimum atomic E-state index is -0.123. The summed E-state index contributed by atoms with van der Waals surface area (Å²) in [5, 5.41) is 3.37. The Hall–Kier alpha value is -1.98. The Labute approximate surface area is 150 Å². The lowest BCUT2D eigenvalue weighted by Crippen LogP contribution is -2.28. The van der Waals surface area contributed by atoms with Crippen LogP contribution >= 0.6 is 23.4 Å². The maximum atomic E-state index is 12.7. The van der Waals surface area contributed by atoms with Crippen LogP contribution in [0.15, 0.2) is 47.4 Å². The van der Waals surface area contributed by atoms with Gasteiger partial charge in [-0.25, -0.2) is 0 Å². The van der Waals surface area contributed by atoms with E-state index in [-0.39, 0.29) is 17.1 Å². The van der Waals surface area contributed by atoms with E-state index in [9.17, 15) is 9.59 Å². The summed E-state index contributed by atoms with van der Waals surface area (Å²) in [6.07, 6.45) is 0. The van der Waals surface area contributed by atoms with Gasteiger partial charge in [-0.05, 0) is 36.8 Å². The second-order valence-corrected chi connectivity index (χ2v) is 7.50. The van der Waals surface area contributed by atoms with E-state index < -0.39 is 0 Å². The predicted molar refractivity (Wildman–Crippen MR) is 97.6 cm³/mol. The van der Waals surface area contributed by atoms with Crippen LogP contribution in [0.1, 0.15) is 22.8 Å². The van der Waals surface area contributed by atoms with Crippen molar-refractivity contribution in [3.8, 4) is 0 Å². The summed E-state index contributed by atoms with van der Waals surface area (Å²) in [5.74, 6) is -0.155. The maximum Gasteiger partial charge on any atom is 0.253 e. The molecule has 1 N–H and O–H groups in total. The molecule has 24 heavy (non-hydrogen) atoms. The Balaban J connectivity index is 1.79. The molecule has 0 radical (unpaired) electrons. The van der Waals surface area contributed by atoms with Gasteiger partial charge in [-0.3, -0.25) is 9.59 Å². The summed E-state index contributed by atoms with van der Waals surface area (Å²) in [6.45, 7) is 2.28. The number of anilines is 1. The number of thioether (sulfide) groups is 1. The number of benzene rings is 2. The third-order valence-corrected chi connectivity index (χ3v) is 5.42. The highest BCUT2D eigenvalue weighted by Gasteiger charge is 2.24. The van der Waals surface area contributed by atoms with Crippen LogP contribution in [0.3, 0.4) is 0 Å². The molecule has 0 fully saturated rings. The standard InChI is InChI=1S/C18H17ClN2O2S/c1-11-17(22)20-15-9-12(7-8-16(15)24-11)18(23)21(2)10-13-5-3-4-6-14(13)19/h3-9,11H,10H2,1-2H3,(H,20,22)/t11-/m1/s1. The Kier molecular flexibility index (Phi) is 4.83. The van der Waals surface area contributed by atoms with Gasteiger partial charge in [-0.15, -0.1) is 11.8 Å². The van der Waals surface area contributed by atoms with Crippen molar-refractivity contribution >= 4 is 40.9 Å². The molecular weight excluding hydrogens is 344 g/mol. The van der Waals surface area contributed by atoms with E-state index >= 15 is 0 Å². The number of fused-ring (bicyclic) bond motifs is 1. The van der Waals surface area contributed by atoms with E-state index in [1.165, 1.54) is 11.8 Å². The fraction of sp³-hybridized carbons (Fsp3) is 0.222. The zero-order valence-corrected chi connectivity index (χ0v) is 14.9. The van der Waals surface area contributed by atoms with Crippen LogP contribution < -0.4 is 5.32 Å². The molecule has 0 spiro atoms. The lowest BCUT2D eigenvalue weighted by molar-refractivity contribution is -0.115. The third-order valence-electron chi connectivity index (χ3n) is 3.87. The fourth-order valence-electron chi connectivity index (χ4n) is 2.52. The molecule has 3 rings (SSSR count).